The van der Waals surface area contributed by atoms with Gasteiger partial charge in [0.25, 0.3) is 0 Å². The molecule has 0 aliphatic carbocycles. The Morgan fingerprint density at radius 3 is 2.79 bits per heavy atom. The molecular formula is C20H21ClN2O5. The minimum atomic E-state index is -0.319. The molecule has 0 atom stereocenters. The van der Waals surface area contributed by atoms with Crippen molar-refractivity contribution in [3.63, 3.8) is 0 Å². The van der Waals surface area contributed by atoms with Crippen LogP contribution in [0.4, 0.5) is 0 Å². The van der Waals surface area contributed by atoms with Gasteiger partial charge in [-0.15, -0.1) is 12.4 Å². The topological polar surface area (TPSA) is 71.8 Å². The molecule has 0 amide bonds. The van der Waals surface area contributed by atoms with Crippen LogP contribution in [-0.2, 0) is 22.7 Å². The number of esters is 1. The zero-order chi connectivity index (χ0) is 19.0. The zero-order valence-electron chi connectivity index (χ0n) is 15.9. The van der Waals surface area contributed by atoms with Crippen LogP contribution >= 0.6 is 12.4 Å². The Balaban J connectivity index is 0.00000225. The SMILES string of the molecule is COC(=O)Cn1c(C)c(C)c2nccc(OCc3ccc4c(c3)OCO4)c21.Cl. The van der Waals surface area contributed by atoms with Crippen molar-refractivity contribution < 1.29 is 23.7 Å². The number of pyridine rings is 1. The van der Waals surface area contributed by atoms with Gasteiger partial charge in [-0.3, -0.25) is 9.78 Å². The van der Waals surface area contributed by atoms with Crippen molar-refractivity contribution in [3.8, 4) is 17.2 Å². The van der Waals surface area contributed by atoms with Crippen LogP contribution in [0.25, 0.3) is 11.0 Å². The molecule has 3 aromatic rings. The third kappa shape index (κ3) is 3.45. The number of fused-ring (bicyclic) bond motifs is 2. The number of rotatable bonds is 5. The molecule has 0 unspecified atom stereocenters. The van der Waals surface area contributed by atoms with Crippen LogP contribution in [0.5, 0.6) is 17.2 Å². The summed E-state index contributed by atoms with van der Waals surface area (Å²) in [5.74, 6) is 1.80. The maximum Gasteiger partial charge on any atom is 0.325 e. The fraction of sp³-hybridized carbons (Fsp3) is 0.300. The number of halogens is 1. The summed E-state index contributed by atoms with van der Waals surface area (Å²) >= 11 is 0. The lowest BCUT2D eigenvalue weighted by Crippen LogP contribution is -2.13. The Morgan fingerprint density at radius 1 is 1.21 bits per heavy atom. The van der Waals surface area contributed by atoms with Crippen molar-refractivity contribution in [3.05, 3.63) is 47.3 Å². The first-order chi connectivity index (χ1) is 13.1. The normalized spacial score (nSPS) is 12.0. The highest BCUT2D eigenvalue weighted by molar-refractivity contribution is 5.88. The first-order valence-electron chi connectivity index (χ1n) is 8.61. The van der Waals surface area contributed by atoms with Gasteiger partial charge in [0.2, 0.25) is 6.79 Å². The van der Waals surface area contributed by atoms with E-state index in [-0.39, 0.29) is 31.7 Å². The van der Waals surface area contributed by atoms with Gasteiger partial charge in [-0.2, -0.15) is 0 Å². The van der Waals surface area contributed by atoms with E-state index < -0.39 is 0 Å². The number of hydrogen-bond acceptors (Lipinski definition) is 6. The molecule has 1 aliphatic heterocycles. The average Bonchev–Trinajstić information content (AvgIpc) is 3.25. The number of aryl methyl sites for hydroxylation is 1. The molecule has 1 aliphatic rings. The smallest absolute Gasteiger partial charge is 0.325 e. The third-order valence-electron chi connectivity index (χ3n) is 4.81. The highest BCUT2D eigenvalue weighted by Gasteiger charge is 2.19. The van der Waals surface area contributed by atoms with Gasteiger partial charge in [-0.1, -0.05) is 6.07 Å². The maximum absolute atomic E-state index is 11.9. The minimum absolute atomic E-state index is 0. The minimum Gasteiger partial charge on any atom is -0.487 e. The molecule has 1 aromatic carbocycles. The number of ether oxygens (including phenoxy) is 4. The number of carbonyl (C=O) groups is 1. The highest BCUT2D eigenvalue weighted by Crippen LogP contribution is 2.34. The van der Waals surface area contributed by atoms with Gasteiger partial charge < -0.3 is 23.5 Å². The standard InChI is InChI=1S/C20H20N2O5.ClH/c1-12-13(2)22(9-18(23)24-3)20-16(6-7-21-19(12)20)25-10-14-4-5-15-17(8-14)27-11-26-15;/h4-8H,9-11H2,1-3H3;1H. The lowest BCUT2D eigenvalue weighted by Gasteiger charge is -2.12. The van der Waals surface area contributed by atoms with Crippen LogP contribution in [-0.4, -0.2) is 29.4 Å². The molecule has 8 heteroatoms. The summed E-state index contributed by atoms with van der Waals surface area (Å²) in [5.41, 5.74) is 4.55. The Kier molecular flexibility index (Phi) is 5.65. The number of nitrogens with zero attached hydrogens (tertiary/aromatic N) is 2. The highest BCUT2D eigenvalue weighted by atomic mass is 35.5. The Morgan fingerprint density at radius 2 is 2.00 bits per heavy atom. The lowest BCUT2D eigenvalue weighted by molar-refractivity contribution is -0.141. The molecule has 0 bridgehead atoms. The van der Waals surface area contributed by atoms with Crippen molar-refractivity contribution in [2.75, 3.05) is 13.9 Å². The molecule has 0 fully saturated rings. The molecule has 2 aromatic heterocycles. The summed E-state index contributed by atoms with van der Waals surface area (Å²) in [6.07, 6.45) is 1.71. The van der Waals surface area contributed by atoms with Crippen molar-refractivity contribution in [1.29, 1.82) is 0 Å². The first-order valence-corrected chi connectivity index (χ1v) is 8.61. The largest absolute Gasteiger partial charge is 0.487 e. The van der Waals surface area contributed by atoms with Crippen molar-refractivity contribution >= 4 is 29.4 Å². The summed E-state index contributed by atoms with van der Waals surface area (Å²) in [5, 5.41) is 0. The molecule has 28 heavy (non-hydrogen) atoms. The molecule has 148 valence electrons. The summed E-state index contributed by atoms with van der Waals surface area (Å²) < 4.78 is 23.5. The summed E-state index contributed by atoms with van der Waals surface area (Å²) in [6.45, 7) is 4.65. The molecule has 0 radical (unpaired) electrons. The number of hydrogen-bond donors (Lipinski definition) is 0. The van der Waals surface area contributed by atoms with Crippen LogP contribution in [0.3, 0.4) is 0 Å². The zero-order valence-corrected chi connectivity index (χ0v) is 16.7. The van der Waals surface area contributed by atoms with Gasteiger partial charge in [0.15, 0.2) is 11.5 Å². The van der Waals surface area contributed by atoms with Crippen LogP contribution in [0, 0.1) is 13.8 Å². The van der Waals surface area contributed by atoms with E-state index in [2.05, 4.69) is 4.98 Å². The first kappa shape index (κ1) is 19.8. The van der Waals surface area contributed by atoms with Crippen LogP contribution < -0.4 is 14.2 Å². The van der Waals surface area contributed by atoms with Gasteiger partial charge in [0.1, 0.15) is 24.4 Å². The molecule has 7 nitrogen and oxygen atoms in total. The summed E-state index contributed by atoms with van der Waals surface area (Å²) in [6, 6.07) is 7.53. The molecule has 0 N–H and O–H groups in total. The predicted molar refractivity (Wildman–Crippen MR) is 105 cm³/mol. The van der Waals surface area contributed by atoms with Gasteiger partial charge in [0.05, 0.1) is 12.6 Å². The van der Waals surface area contributed by atoms with E-state index in [1.807, 2.05) is 42.7 Å². The fourth-order valence-electron chi connectivity index (χ4n) is 3.21. The van der Waals surface area contributed by atoms with Crippen molar-refractivity contribution in [2.24, 2.45) is 0 Å². The average molecular weight is 405 g/mol. The van der Waals surface area contributed by atoms with Crippen LogP contribution in [0.2, 0.25) is 0 Å². The lowest BCUT2D eigenvalue weighted by atomic mass is 10.2. The maximum atomic E-state index is 11.9. The van der Waals surface area contributed by atoms with E-state index >= 15 is 0 Å². The predicted octanol–water partition coefficient (Wildman–Crippen LogP) is 3.56. The van der Waals surface area contributed by atoms with Crippen molar-refractivity contribution in [2.45, 2.75) is 27.0 Å². The van der Waals surface area contributed by atoms with E-state index in [4.69, 9.17) is 18.9 Å². The molecule has 0 saturated heterocycles. The number of benzene rings is 1. The Labute approximate surface area is 168 Å². The number of aromatic nitrogens is 2. The summed E-state index contributed by atoms with van der Waals surface area (Å²) in [7, 11) is 1.38. The van der Waals surface area contributed by atoms with E-state index in [0.717, 1.165) is 39.4 Å². The van der Waals surface area contributed by atoms with Gasteiger partial charge in [-0.25, -0.2) is 0 Å². The fourth-order valence-corrected chi connectivity index (χ4v) is 3.21. The van der Waals surface area contributed by atoms with Crippen LogP contribution in [0.15, 0.2) is 30.5 Å². The van der Waals surface area contributed by atoms with Gasteiger partial charge in [-0.05, 0) is 37.1 Å². The molecule has 0 spiro atoms. The number of carbonyl (C=O) groups excluding carboxylic acids is 1. The Bertz CT molecular complexity index is 1030. The molecule has 4 rings (SSSR count). The Hall–Kier alpha value is -2.93. The quantitative estimate of drug-likeness (QED) is 0.605. The number of methoxy groups -OCH3 is 1. The second-order valence-electron chi connectivity index (χ2n) is 6.36. The second kappa shape index (κ2) is 7.98. The summed E-state index contributed by atoms with van der Waals surface area (Å²) in [4.78, 5) is 16.3. The van der Waals surface area contributed by atoms with Gasteiger partial charge >= 0.3 is 5.97 Å². The second-order valence-corrected chi connectivity index (χ2v) is 6.36. The van der Waals surface area contributed by atoms with E-state index in [9.17, 15) is 4.79 Å². The molecule has 0 saturated carbocycles. The van der Waals surface area contributed by atoms with E-state index in [0.29, 0.717) is 12.4 Å². The van der Waals surface area contributed by atoms with E-state index in [1.165, 1.54) is 7.11 Å². The van der Waals surface area contributed by atoms with E-state index in [1.54, 1.807) is 6.20 Å². The molecular weight excluding hydrogens is 384 g/mol. The monoisotopic (exact) mass is 404 g/mol. The van der Waals surface area contributed by atoms with Gasteiger partial charge in [0, 0.05) is 18.0 Å². The van der Waals surface area contributed by atoms with Crippen LogP contribution in [0.1, 0.15) is 16.8 Å². The third-order valence-corrected chi connectivity index (χ3v) is 4.81. The van der Waals surface area contributed by atoms with Crippen molar-refractivity contribution in [1.82, 2.24) is 9.55 Å². The molecule has 3 heterocycles.